The van der Waals surface area contributed by atoms with Gasteiger partial charge >= 0.3 is 0 Å². The molecule has 2 aliphatic heterocycles. The maximum absolute atomic E-state index is 13.6. The molecule has 7 nitrogen and oxygen atoms in total. The van der Waals surface area contributed by atoms with E-state index < -0.39 is 5.92 Å². The number of allylic oxidation sites excluding steroid dienone is 2. The van der Waals surface area contributed by atoms with Crippen LogP contribution in [0.25, 0.3) is 5.76 Å². The van der Waals surface area contributed by atoms with Crippen LogP contribution in [0.4, 0.5) is 5.69 Å². The molecule has 0 saturated heterocycles. The van der Waals surface area contributed by atoms with Crippen molar-refractivity contribution in [2.45, 2.75) is 25.2 Å². The predicted octanol–water partition coefficient (Wildman–Crippen LogP) is 6.74. The summed E-state index contributed by atoms with van der Waals surface area (Å²) in [5.41, 5.74) is 3.77. The summed E-state index contributed by atoms with van der Waals surface area (Å²) in [6.45, 7) is 0.128. The van der Waals surface area contributed by atoms with Gasteiger partial charge in [-0.2, -0.15) is 0 Å². The lowest BCUT2D eigenvalue weighted by Gasteiger charge is -2.41. The van der Waals surface area contributed by atoms with Crippen LogP contribution >= 0.6 is 15.9 Å². The molecule has 3 aromatic rings. The Bertz CT molecular complexity index is 1530. The molecule has 192 valence electrons. The lowest BCUT2D eigenvalue weighted by molar-refractivity contribution is -0.116. The van der Waals surface area contributed by atoms with E-state index in [-0.39, 0.29) is 24.2 Å². The van der Waals surface area contributed by atoms with Crippen LogP contribution in [0, 0.1) is 5.41 Å². The number of ketones is 1. The first-order valence-electron chi connectivity index (χ1n) is 12.3. The Hall–Kier alpha value is -4.04. The number of methoxy groups -OCH3 is 1. The molecule has 0 bridgehead atoms. The number of rotatable bonds is 4. The van der Waals surface area contributed by atoms with Gasteiger partial charge in [0.2, 0.25) is 6.79 Å². The smallest absolute Gasteiger partial charge is 0.231 e. The molecule has 0 aromatic heterocycles. The molecular formula is C30H25BrN2O5. The van der Waals surface area contributed by atoms with Crippen LogP contribution in [0.15, 0.2) is 88.0 Å². The van der Waals surface area contributed by atoms with Gasteiger partial charge in [0.25, 0.3) is 0 Å². The number of nitrogens with one attached hydrogen (secondary N) is 1. The Morgan fingerprint density at radius 2 is 1.84 bits per heavy atom. The fourth-order valence-electron chi connectivity index (χ4n) is 5.42. The van der Waals surface area contributed by atoms with Crippen molar-refractivity contribution in [2.75, 3.05) is 18.8 Å². The monoisotopic (exact) mass is 572 g/mol. The van der Waals surface area contributed by atoms with Crippen LogP contribution in [0.3, 0.4) is 0 Å². The third kappa shape index (κ3) is 4.05. The maximum Gasteiger partial charge on any atom is 0.231 e. The molecule has 1 atom stereocenters. The van der Waals surface area contributed by atoms with Gasteiger partial charge in [-0.25, -0.2) is 0 Å². The second-order valence-electron chi connectivity index (χ2n) is 9.34. The van der Waals surface area contributed by atoms with Crippen LogP contribution < -0.4 is 19.1 Å². The normalized spacial score (nSPS) is 19.9. The number of carbonyl (C=O) groups is 1. The average Bonchev–Trinajstić information content (AvgIpc) is 3.40. The average molecular weight is 573 g/mol. The third-order valence-electron chi connectivity index (χ3n) is 7.17. The van der Waals surface area contributed by atoms with Crippen LogP contribution in [0.2, 0.25) is 0 Å². The van der Waals surface area contributed by atoms with E-state index in [0.717, 1.165) is 21.4 Å². The minimum absolute atomic E-state index is 0.0152. The van der Waals surface area contributed by atoms with Gasteiger partial charge in [0.15, 0.2) is 17.3 Å². The topological polar surface area (TPSA) is 92.1 Å². The van der Waals surface area contributed by atoms with Crippen molar-refractivity contribution in [1.82, 2.24) is 0 Å². The number of aliphatic hydroxyl groups is 1. The number of ether oxygens (including phenoxy) is 3. The van der Waals surface area contributed by atoms with Gasteiger partial charge in [0.05, 0.1) is 7.11 Å². The first kappa shape index (κ1) is 24.3. The molecule has 2 heterocycles. The number of aliphatic hydroxyl groups excluding tert-OH is 1. The summed E-state index contributed by atoms with van der Waals surface area (Å²) in [6.07, 6.45) is 1.76. The van der Waals surface area contributed by atoms with Crippen molar-refractivity contribution < 1.29 is 24.1 Å². The summed E-state index contributed by atoms with van der Waals surface area (Å²) < 4.78 is 17.3. The lowest BCUT2D eigenvalue weighted by Crippen LogP contribution is -2.42. The highest BCUT2D eigenvalue weighted by Crippen LogP contribution is 2.49. The molecule has 0 spiro atoms. The fourth-order valence-corrected chi connectivity index (χ4v) is 5.81. The van der Waals surface area contributed by atoms with Gasteiger partial charge in [-0.05, 0) is 73.0 Å². The van der Waals surface area contributed by atoms with Crippen LogP contribution in [-0.4, -0.2) is 30.6 Å². The summed E-state index contributed by atoms with van der Waals surface area (Å²) in [5, 5.41) is 21.2. The first-order valence-corrected chi connectivity index (χ1v) is 13.1. The summed E-state index contributed by atoms with van der Waals surface area (Å²) >= 11 is 3.54. The molecule has 38 heavy (non-hydrogen) atoms. The predicted molar refractivity (Wildman–Crippen MR) is 148 cm³/mol. The summed E-state index contributed by atoms with van der Waals surface area (Å²) in [4.78, 5) is 15.4. The van der Waals surface area contributed by atoms with E-state index in [1.54, 1.807) is 36.3 Å². The SMILES string of the molecule is COc1ccc(C(O)=C2C(=N)N(c3cccc(Br)c3)C3=C(C(=O)CCC3)[C@H]2c2ccc3c(c2)OCO3)cc1. The zero-order valence-corrected chi connectivity index (χ0v) is 22.2. The van der Waals surface area contributed by atoms with Crippen molar-refractivity contribution in [3.8, 4) is 17.2 Å². The largest absolute Gasteiger partial charge is 0.507 e. The van der Waals surface area contributed by atoms with E-state index in [1.807, 2.05) is 42.5 Å². The molecule has 0 amide bonds. The number of carbonyl (C=O) groups excluding carboxylic acids is 1. The Kier molecular flexibility index (Phi) is 6.19. The van der Waals surface area contributed by atoms with E-state index in [1.165, 1.54) is 0 Å². The molecule has 2 N–H and O–H groups in total. The van der Waals surface area contributed by atoms with Gasteiger partial charge in [-0.15, -0.1) is 0 Å². The molecule has 6 rings (SSSR count). The number of halogens is 1. The highest BCUT2D eigenvalue weighted by molar-refractivity contribution is 9.10. The zero-order valence-electron chi connectivity index (χ0n) is 20.7. The van der Waals surface area contributed by atoms with Gasteiger partial charge in [0.1, 0.15) is 17.3 Å². The minimum Gasteiger partial charge on any atom is -0.507 e. The molecule has 3 aliphatic rings. The van der Waals surface area contributed by atoms with E-state index in [4.69, 9.17) is 14.2 Å². The van der Waals surface area contributed by atoms with Gasteiger partial charge in [-0.1, -0.05) is 28.1 Å². The number of amidine groups is 1. The molecule has 0 unspecified atom stereocenters. The van der Waals surface area contributed by atoms with Gasteiger partial charge in [0, 0.05) is 44.9 Å². The Morgan fingerprint density at radius 3 is 2.61 bits per heavy atom. The Morgan fingerprint density at radius 1 is 1.05 bits per heavy atom. The number of hydrogen-bond acceptors (Lipinski definition) is 6. The standard InChI is InChI=1S/C30H25BrN2O5/c1-36-21-11-8-17(9-12-21)29(35)28-26(18-10-13-24-25(14-18)38-16-37-24)27-22(6-3-7-23(27)34)33(30(28)32)20-5-2-4-19(31)15-20/h2,4-5,8-15,26,32,35H,3,6-7,16H2,1H3/t26-/m1/s1. The summed E-state index contributed by atoms with van der Waals surface area (Å²) in [7, 11) is 1.58. The molecular weight excluding hydrogens is 548 g/mol. The van der Waals surface area contributed by atoms with Crippen molar-refractivity contribution in [2.24, 2.45) is 0 Å². The molecule has 3 aromatic carbocycles. The molecule has 0 saturated carbocycles. The number of anilines is 1. The Balaban J connectivity index is 1.63. The second kappa shape index (κ2) is 9.68. The van der Waals surface area contributed by atoms with Crippen LogP contribution in [-0.2, 0) is 4.79 Å². The molecule has 8 heteroatoms. The van der Waals surface area contributed by atoms with E-state index in [0.29, 0.717) is 53.2 Å². The van der Waals surface area contributed by atoms with E-state index >= 15 is 0 Å². The lowest BCUT2D eigenvalue weighted by atomic mass is 9.73. The van der Waals surface area contributed by atoms with Gasteiger partial charge < -0.3 is 19.3 Å². The summed E-state index contributed by atoms with van der Waals surface area (Å²) in [5.74, 6) is 1.28. The van der Waals surface area contributed by atoms with Crippen molar-refractivity contribution >= 4 is 39.0 Å². The van der Waals surface area contributed by atoms with Crippen molar-refractivity contribution in [1.29, 1.82) is 5.41 Å². The van der Waals surface area contributed by atoms with E-state index in [9.17, 15) is 15.3 Å². The minimum atomic E-state index is -0.648. The molecule has 1 aliphatic carbocycles. The Labute approximate surface area is 228 Å². The van der Waals surface area contributed by atoms with E-state index in [2.05, 4.69) is 15.9 Å². The molecule has 0 fully saturated rings. The number of Topliss-reactive ketones (excluding diaryl/α,β-unsaturated/α-hetero) is 1. The van der Waals surface area contributed by atoms with Crippen molar-refractivity contribution in [3.05, 3.63) is 99.2 Å². The number of fused-ring (bicyclic) bond motifs is 1. The van der Waals surface area contributed by atoms with Crippen molar-refractivity contribution in [3.63, 3.8) is 0 Å². The van der Waals surface area contributed by atoms with Crippen LogP contribution in [0.1, 0.15) is 36.3 Å². The third-order valence-corrected chi connectivity index (χ3v) is 7.66. The molecule has 0 radical (unpaired) electrons. The second-order valence-corrected chi connectivity index (χ2v) is 10.3. The van der Waals surface area contributed by atoms with Crippen LogP contribution in [0.5, 0.6) is 17.2 Å². The number of benzene rings is 3. The number of hydrogen-bond donors (Lipinski definition) is 2. The zero-order chi connectivity index (χ0) is 26.4. The summed E-state index contributed by atoms with van der Waals surface area (Å²) in [6, 6.07) is 20.2. The fraction of sp³-hybridized carbons (Fsp3) is 0.200. The highest BCUT2D eigenvalue weighted by Gasteiger charge is 2.43. The maximum atomic E-state index is 13.6. The highest BCUT2D eigenvalue weighted by atomic mass is 79.9. The van der Waals surface area contributed by atoms with Gasteiger partial charge in [-0.3, -0.25) is 15.1 Å². The quantitative estimate of drug-likeness (QED) is 0.336. The first-order chi connectivity index (χ1) is 18.5. The number of nitrogens with zero attached hydrogens (tertiary/aromatic N) is 1.